The highest BCUT2D eigenvalue weighted by atomic mass is 16.5. The van der Waals surface area contributed by atoms with Crippen LogP contribution in [0.15, 0.2) is 18.3 Å². The molecule has 1 aliphatic carbocycles. The summed E-state index contributed by atoms with van der Waals surface area (Å²) in [5.41, 5.74) is 0.288. The lowest BCUT2D eigenvalue weighted by Crippen LogP contribution is -2.45. The van der Waals surface area contributed by atoms with E-state index in [4.69, 9.17) is 9.47 Å². The second kappa shape index (κ2) is 7.94. The van der Waals surface area contributed by atoms with Gasteiger partial charge in [-0.1, -0.05) is 19.8 Å². The quantitative estimate of drug-likeness (QED) is 0.843. The van der Waals surface area contributed by atoms with Gasteiger partial charge < -0.3 is 14.8 Å². The third-order valence-electron chi connectivity index (χ3n) is 4.27. The summed E-state index contributed by atoms with van der Waals surface area (Å²) in [6, 6.07) is 3.30. The largest absolute Gasteiger partial charge is 0.481 e. The number of amides is 1. The van der Waals surface area contributed by atoms with E-state index in [0.717, 1.165) is 19.3 Å². The Hall–Kier alpha value is -2.11. The summed E-state index contributed by atoms with van der Waals surface area (Å²) in [6.45, 7) is 3.72. The summed E-state index contributed by atoms with van der Waals surface area (Å²) < 4.78 is 10.2. The molecular weight excluding hydrogens is 296 g/mol. The molecule has 1 aromatic heterocycles. The number of ether oxygens (including phenoxy) is 2. The van der Waals surface area contributed by atoms with Gasteiger partial charge in [-0.3, -0.25) is 4.79 Å². The highest BCUT2D eigenvalue weighted by Gasteiger charge is 2.26. The monoisotopic (exact) mass is 320 g/mol. The number of carbonyl (C=O) groups is 2. The molecule has 1 heterocycles. The van der Waals surface area contributed by atoms with Crippen LogP contribution in [0.4, 0.5) is 0 Å². The second-order valence-electron chi connectivity index (χ2n) is 6.01. The van der Waals surface area contributed by atoms with Gasteiger partial charge in [0.2, 0.25) is 5.88 Å². The minimum Gasteiger partial charge on any atom is -0.481 e. The molecule has 1 fully saturated rings. The summed E-state index contributed by atoms with van der Waals surface area (Å²) >= 11 is 0. The van der Waals surface area contributed by atoms with Gasteiger partial charge in [0, 0.05) is 18.3 Å². The van der Waals surface area contributed by atoms with Gasteiger partial charge in [-0.15, -0.1) is 0 Å². The summed E-state index contributed by atoms with van der Waals surface area (Å²) in [6.07, 6.45) is 4.98. The molecule has 3 unspecified atom stereocenters. The van der Waals surface area contributed by atoms with Crippen LogP contribution in [-0.2, 0) is 9.53 Å². The van der Waals surface area contributed by atoms with Gasteiger partial charge in [0.1, 0.15) is 0 Å². The molecular formula is C17H24N2O4. The van der Waals surface area contributed by atoms with Crippen LogP contribution in [0.2, 0.25) is 0 Å². The van der Waals surface area contributed by atoms with Crippen LogP contribution < -0.4 is 10.1 Å². The Kier molecular flexibility index (Phi) is 5.96. The number of esters is 1. The number of nitrogens with one attached hydrogen (secondary N) is 1. The van der Waals surface area contributed by atoms with Gasteiger partial charge in [0.25, 0.3) is 5.91 Å². The van der Waals surface area contributed by atoms with E-state index >= 15 is 0 Å². The number of hydrogen-bond donors (Lipinski definition) is 1. The molecule has 1 aromatic rings. The first kappa shape index (κ1) is 17.2. The average molecular weight is 320 g/mol. The maximum Gasteiger partial charge on any atom is 0.340 e. The zero-order valence-electron chi connectivity index (χ0n) is 13.9. The van der Waals surface area contributed by atoms with E-state index in [1.807, 2.05) is 0 Å². The Morgan fingerprint density at radius 1 is 1.30 bits per heavy atom. The second-order valence-corrected chi connectivity index (χ2v) is 6.01. The fourth-order valence-electron chi connectivity index (χ4n) is 2.73. The van der Waals surface area contributed by atoms with Crippen molar-refractivity contribution >= 4 is 11.9 Å². The van der Waals surface area contributed by atoms with Crippen LogP contribution in [0.5, 0.6) is 5.88 Å². The lowest BCUT2D eigenvalue weighted by Gasteiger charge is -2.30. The summed E-state index contributed by atoms with van der Waals surface area (Å²) in [4.78, 5) is 28.2. The topological polar surface area (TPSA) is 77.5 Å². The van der Waals surface area contributed by atoms with E-state index in [0.29, 0.717) is 11.8 Å². The molecule has 2 rings (SSSR count). The number of methoxy groups -OCH3 is 1. The van der Waals surface area contributed by atoms with Gasteiger partial charge >= 0.3 is 5.97 Å². The van der Waals surface area contributed by atoms with Gasteiger partial charge in [-0.25, -0.2) is 9.78 Å². The third-order valence-corrected chi connectivity index (χ3v) is 4.27. The van der Waals surface area contributed by atoms with E-state index in [1.165, 1.54) is 19.7 Å². The Labute approximate surface area is 136 Å². The van der Waals surface area contributed by atoms with Gasteiger partial charge in [0.15, 0.2) is 6.10 Å². The molecule has 0 radical (unpaired) electrons. The molecule has 0 saturated heterocycles. The van der Waals surface area contributed by atoms with E-state index in [2.05, 4.69) is 17.2 Å². The summed E-state index contributed by atoms with van der Waals surface area (Å²) in [5.74, 6) is 0.0538. The predicted octanol–water partition coefficient (Wildman–Crippen LogP) is 2.33. The number of hydrogen-bond acceptors (Lipinski definition) is 5. The molecule has 1 amide bonds. The fourth-order valence-corrected chi connectivity index (χ4v) is 2.73. The summed E-state index contributed by atoms with van der Waals surface area (Å²) in [5, 5.41) is 2.99. The third kappa shape index (κ3) is 4.68. The first-order chi connectivity index (χ1) is 11.0. The standard InChI is InChI=1S/C17H24N2O4/c1-11-6-4-5-7-14(11)19-16(20)12(2)23-17(21)13-8-9-15(22-3)18-10-13/h8-12,14H,4-7H2,1-3H3,(H,19,20). The molecule has 0 spiro atoms. The molecule has 6 nitrogen and oxygen atoms in total. The number of nitrogens with zero attached hydrogens (tertiary/aromatic N) is 1. The van der Waals surface area contributed by atoms with Crippen LogP contribution in [0.3, 0.4) is 0 Å². The van der Waals surface area contributed by atoms with Crippen LogP contribution in [0.1, 0.15) is 49.9 Å². The summed E-state index contributed by atoms with van der Waals surface area (Å²) in [7, 11) is 1.50. The Balaban J connectivity index is 1.87. The van der Waals surface area contributed by atoms with Crippen molar-refractivity contribution in [2.24, 2.45) is 5.92 Å². The highest BCUT2D eigenvalue weighted by Crippen LogP contribution is 2.23. The van der Waals surface area contributed by atoms with Crippen LogP contribution in [0, 0.1) is 5.92 Å². The highest BCUT2D eigenvalue weighted by molar-refractivity contribution is 5.92. The molecule has 0 aromatic carbocycles. The van der Waals surface area contributed by atoms with Crippen molar-refractivity contribution in [1.29, 1.82) is 0 Å². The normalized spacial score (nSPS) is 22.0. The maximum absolute atomic E-state index is 12.2. The average Bonchev–Trinajstić information content (AvgIpc) is 2.56. The van der Waals surface area contributed by atoms with Crippen molar-refractivity contribution in [1.82, 2.24) is 10.3 Å². The van der Waals surface area contributed by atoms with Crippen LogP contribution >= 0.6 is 0 Å². The van der Waals surface area contributed by atoms with Gasteiger partial charge in [0.05, 0.1) is 12.7 Å². The minimum atomic E-state index is -0.835. The number of carbonyl (C=O) groups excluding carboxylic acids is 2. The van der Waals surface area contributed by atoms with Crippen LogP contribution in [0.25, 0.3) is 0 Å². The molecule has 0 bridgehead atoms. The van der Waals surface area contributed by atoms with E-state index in [9.17, 15) is 9.59 Å². The Morgan fingerprint density at radius 2 is 2.04 bits per heavy atom. The van der Waals surface area contributed by atoms with Crippen LogP contribution in [-0.4, -0.2) is 36.1 Å². The van der Waals surface area contributed by atoms with E-state index < -0.39 is 12.1 Å². The molecule has 0 aliphatic heterocycles. The first-order valence-electron chi connectivity index (χ1n) is 8.02. The van der Waals surface area contributed by atoms with Crippen molar-refractivity contribution in [3.05, 3.63) is 23.9 Å². The number of pyridine rings is 1. The zero-order valence-corrected chi connectivity index (χ0v) is 13.9. The Bertz CT molecular complexity index is 544. The van der Waals surface area contributed by atoms with Crippen molar-refractivity contribution < 1.29 is 19.1 Å². The smallest absolute Gasteiger partial charge is 0.340 e. The van der Waals surface area contributed by atoms with E-state index in [-0.39, 0.29) is 17.5 Å². The minimum absolute atomic E-state index is 0.167. The van der Waals surface area contributed by atoms with Crippen molar-refractivity contribution in [3.63, 3.8) is 0 Å². The van der Waals surface area contributed by atoms with Crippen molar-refractivity contribution in [2.75, 3.05) is 7.11 Å². The SMILES string of the molecule is COc1ccc(C(=O)OC(C)C(=O)NC2CCCCC2C)cn1. The molecule has 1 aliphatic rings. The number of rotatable bonds is 5. The molecule has 126 valence electrons. The zero-order chi connectivity index (χ0) is 16.8. The molecule has 3 atom stereocenters. The fraction of sp³-hybridized carbons (Fsp3) is 0.588. The van der Waals surface area contributed by atoms with E-state index in [1.54, 1.807) is 19.1 Å². The van der Waals surface area contributed by atoms with Gasteiger partial charge in [-0.05, 0) is 31.7 Å². The lowest BCUT2D eigenvalue weighted by molar-refractivity contribution is -0.130. The predicted molar refractivity (Wildman–Crippen MR) is 85.2 cm³/mol. The van der Waals surface area contributed by atoms with Crippen molar-refractivity contribution in [2.45, 2.75) is 51.7 Å². The van der Waals surface area contributed by atoms with Crippen molar-refractivity contribution in [3.8, 4) is 5.88 Å². The molecule has 1 N–H and O–H groups in total. The first-order valence-corrected chi connectivity index (χ1v) is 8.02. The molecule has 6 heteroatoms. The maximum atomic E-state index is 12.2. The lowest BCUT2D eigenvalue weighted by atomic mass is 9.86. The number of aromatic nitrogens is 1. The Morgan fingerprint density at radius 3 is 2.65 bits per heavy atom. The molecule has 1 saturated carbocycles. The molecule has 23 heavy (non-hydrogen) atoms. The van der Waals surface area contributed by atoms with Gasteiger partial charge in [-0.2, -0.15) is 0 Å².